The minimum Gasteiger partial charge on any atom is -0.466 e. The van der Waals surface area contributed by atoms with E-state index >= 15 is 0 Å². The van der Waals surface area contributed by atoms with E-state index in [1.807, 2.05) is 0 Å². The molecule has 1 aromatic carbocycles. The first-order valence-electron chi connectivity index (χ1n) is 6.62. The highest BCUT2D eigenvalue weighted by atomic mass is 19.1. The van der Waals surface area contributed by atoms with Crippen molar-refractivity contribution >= 4 is 12.0 Å². The average Bonchev–Trinajstić information content (AvgIpc) is 2.47. The normalized spacial score (nSPS) is 18.6. The summed E-state index contributed by atoms with van der Waals surface area (Å²) < 4.78 is 18.8. The number of halogens is 1. The van der Waals surface area contributed by atoms with Gasteiger partial charge in [0.15, 0.2) is 0 Å². The Labute approximate surface area is 122 Å². The third-order valence-corrected chi connectivity index (χ3v) is 3.53. The highest BCUT2D eigenvalue weighted by molar-refractivity contribution is 5.94. The van der Waals surface area contributed by atoms with E-state index in [1.165, 1.54) is 24.1 Å². The summed E-state index contributed by atoms with van der Waals surface area (Å²) in [5.74, 6) is -1.07. The Balaban J connectivity index is 2.59. The van der Waals surface area contributed by atoms with E-state index in [1.54, 1.807) is 26.0 Å². The first kappa shape index (κ1) is 15.0. The summed E-state index contributed by atoms with van der Waals surface area (Å²) >= 11 is 0. The zero-order valence-electron chi connectivity index (χ0n) is 12.1. The number of nitrogens with one attached hydrogen (secondary N) is 1. The van der Waals surface area contributed by atoms with Gasteiger partial charge in [-0.25, -0.2) is 14.0 Å². The molecule has 1 aromatic rings. The molecule has 5 nitrogen and oxygen atoms in total. The van der Waals surface area contributed by atoms with Crippen LogP contribution in [0.3, 0.4) is 0 Å². The molecule has 2 rings (SSSR count). The first-order chi connectivity index (χ1) is 10.0. The van der Waals surface area contributed by atoms with Gasteiger partial charge in [-0.2, -0.15) is 0 Å². The van der Waals surface area contributed by atoms with Gasteiger partial charge in [0.05, 0.1) is 18.7 Å². The van der Waals surface area contributed by atoms with Crippen molar-refractivity contribution < 1.29 is 18.7 Å². The number of methoxy groups -OCH3 is 1. The van der Waals surface area contributed by atoms with Gasteiger partial charge in [0.25, 0.3) is 0 Å². The molecular weight excluding hydrogens is 275 g/mol. The lowest BCUT2D eigenvalue weighted by Gasteiger charge is -2.34. The van der Waals surface area contributed by atoms with Gasteiger partial charge >= 0.3 is 12.0 Å². The zero-order valence-corrected chi connectivity index (χ0v) is 12.1. The van der Waals surface area contributed by atoms with Crippen LogP contribution in [-0.4, -0.2) is 30.6 Å². The molecule has 0 spiro atoms. The molecule has 0 saturated carbocycles. The Kier molecular flexibility index (Phi) is 4.26. The highest BCUT2D eigenvalue weighted by Crippen LogP contribution is 2.32. The van der Waals surface area contributed by atoms with Crippen molar-refractivity contribution in [3.63, 3.8) is 0 Å². The summed E-state index contributed by atoms with van der Waals surface area (Å²) in [6.07, 6.45) is 0. The van der Waals surface area contributed by atoms with Crippen molar-refractivity contribution in [2.45, 2.75) is 19.9 Å². The Morgan fingerprint density at radius 1 is 1.43 bits per heavy atom. The number of hydrogen-bond acceptors (Lipinski definition) is 3. The Morgan fingerprint density at radius 2 is 2.10 bits per heavy atom. The Bertz CT molecular complexity index is 613. The minimum atomic E-state index is -0.853. The molecule has 1 heterocycles. The second-order valence-corrected chi connectivity index (χ2v) is 4.64. The maximum absolute atomic E-state index is 14.0. The quantitative estimate of drug-likeness (QED) is 0.870. The number of ether oxygens (including phenoxy) is 1. The number of hydrogen-bond donors (Lipinski definition) is 1. The smallest absolute Gasteiger partial charge is 0.337 e. The van der Waals surface area contributed by atoms with E-state index in [2.05, 4.69) is 5.32 Å². The van der Waals surface area contributed by atoms with E-state index in [9.17, 15) is 14.0 Å². The number of allylic oxidation sites excluding steroid dienone is 1. The molecule has 2 amide bonds. The van der Waals surface area contributed by atoms with Crippen molar-refractivity contribution in [1.29, 1.82) is 0 Å². The fraction of sp³-hybridized carbons (Fsp3) is 0.333. The predicted molar refractivity (Wildman–Crippen MR) is 74.8 cm³/mol. The van der Waals surface area contributed by atoms with Crippen LogP contribution >= 0.6 is 0 Å². The maximum atomic E-state index is 14.0. The number of rotatable bonds is 3. The van der Waals surface area contributed by atoms with Crippen LogP contribution in [-0.2, 0) is 9.53 Å². The van der Waals surface area contributed by atoms with Crippen molar-refractivity contribution in [3.05, 3.63) is 46.9 Å². The minimum absolute atomic E-state index is 0.237. The molecule has 21 heavy (non-hydrogen) atoms. The maximum Gasteiger partial charge on any atom is 0.337 e. The van der Waals surface area contributed by atoms with Gasteiger partial charge in [-0.15, -0.1) is 0 Å². The van der Waals surface area contributed by atoms with Crippen LogP contribution in [0.25, 0.3) is 0 Å². The molecular formula is C15H17FN2O3. The second-order valence-electron chi connectivity index (χ2n) is 4.64. The van der Waals surface area contributed by atoms with Crippen LogP contribution in [0.4, 0.5) is 9.18 Å². The lowest BCUT2D eigenvalue weighted by atomic mass is 9.94. The van der Waals surface area contributed by atoms with E-state index in [0.29, 0.717) is 12.2 Å². The van der Waals surface area contributed by atoms with E-state index in [0.717, 1.165) is 0 Å². The summed E-state index contributed by atoms with van der Waals surface area (Å²) in [5, 5.41) is 2.66. The topological polar surface area (TPSA) is 58.6 Å². The van der Waals surface area contributed by atoms with Crippen LogP contribution in [0.5, 0.6) is 0 Å². The van der Waals surface area contributed by atoms with Gasteiger partial charge in [0.1, 0.15) is 5.82 Å². The van der Waals surface area contributed by atoms with Crippen molar-refractivity contribution in [2.24, 2.45) is 0 Å². The van der Waals surface area contributed by atoms with Crippen LogP contribution in [0.15, 0.2) is 35.5 Å². The number of benzene rings is 1. The Hall–Kier alpha value is -2.37. The van der Waals surface area contributed by atoms with Crippen LogP contribution in [0.1, 0.15) is 25.5 Å². The average molecular weight is 292 g/mol. The van der Waals surface area contributed by atoms with E-state index in [-0.39, 0.29) is 17.2 Å². The third kappa shape index (κ3) is 2.61. The largest absolute Gasteiger partial charge is 0.466 e. The van der Waals surface area contributed by atoms with Gasteiger partial charge in [0, 0.05) is 17.8 Å². The SMILES string of the molecule is CCN1C(=O)N[C@H](c2ccccc2F)C(C(=O)OC)=C1C. The van der Waals surface area contributed by atoms with E-state index < -0.39 is 17.8 Å². The zero-order chi connectivity index (χ0) is 15.6. The summed E-state index contributed by atoms with van der Waals surface area (Å²) in [5.41, 5.74) is 0.951. The number of nitrogens with zero attached hydrogens (tertiary/aromatic N) is 1. The van der Waals surface area contributed by atoms with Gasteiger partial charge < -0.3 is 10.1 Å². The third-order valence-electron chi connectivity index (χ3n) is 3.53. The molecule has 1 aliphatic rings. The summed E-state index contributed by atoms with van der Waals surface area (Å²) in [6, 6.07) is 4.82. The number of esters is 1. The molecule has 1 aliphatic heterocycles. The summed E-state index contributed by atoms with van der Waals surface area (Å²) in [6.45, 7) is 3.85. The van der Waals surface area contributed by atoms with Crippen molar-refractivity contribution in [1.82, 2.24) is 10.2 Å². The molecule has 1 atom stereocenters. The molecule has 112 valence electrons. The number of amides is 2. The lowest BCUT2D eigenvalue weighted by Crippen LogP contribution is -2.48. The van der Waals surface area contributed by atoms with E-state index in [4.69, 9.17) is 4.74 Å². The van der Waals surface area contributed by atoms with Gasteiger partial charge in [-0.3, -0.25) is 4.90 Å². The van der Waals surface area contributed by atoms with Crippen molar-refractivity contribution in [2.75, 3.05) is 13.7 Å². The molecule has 0 aliphatic carbocycles. The molecule has 1 N–H and O–H groups in total. The van der Waals surface area contributed by atoms with Gasteiger partial charge in [0.2, 0.25) is 0 Å². The number of carbonyl (C=O) groups excluding carboxylic acids is 2. The van der Waals surface area contributed by atoms with Crippen LogP contribution < -0.4 is 5.32 Å². The van der Waals surface area contributed by atoms with Gasteiger partial charge in [-0.05, 0) is 19.9 Å². The fourth-order valence-electron chi connectivity index (χ4n) is 2.48. The standard InChI is InChI=1S/C15H17FN2O3/c1-4-18-9(2)12(14(19)21-3)13(17-15(18)20)10-7-5-6-8-11(10)16/h5-8,13H,4H2,1-3H3,(H,17,20)/t13-/m1/s1. The first-order valence-corrected chi connectivity index (χ1v) is 6.62. The van der Waals surface area contributed by atoms with Crippen LogP contribution in [0.2, 0.25) is 0 Å². The lowest BCUT2D eigenvalue weighted by molar-refractivity contribution is -0.136. The molecule has 0 unspecified atom stereocenters. The monoisotopic (exact) mass is 292 g/mol. The van der Waals surface area contributed by atoms with Crippen LogP contribution in [0, 0.1) is 5.82 Å². The fourth-order valence-corrected chi connectivity index (χ4v) is 2.48. The predicted octanol–water partition coefficient (Wildman–Crippen LogP) is 2.36. The molecule has 0 aromatic heterocycles. The number of urea groups is 1. The molecule has 0 radical (unpaired) electrons. The Morgan fingerprint density at radius 3 is 2.67 bits per heavy atom. The molecule has 0 bridgehead atoms. The second kappa shape index (κ2) is 5.95. The molecule has 0 fully saturated rings. The summed E-state index contributed by atoms with van der Waals surface area (Å²) in [7, 11) is 1.26. The molecule has 0 saturated heterocycles. The van der Waals surface area contributed by atoms with Crippen molar-refractivity contribution in [3.8, 4) is 0 Å². The molecule has 6 heteroatoms. The highest BCUT2D eigenvalue weighted by Gasteiger charge is 2.36. The summed E-state index contributed by atoms with van der Waals surface area (Å²) in [4.78, 5) is 25.6. The van der Waals surface area contributed by atoms with Gasteiger partial charge in [-0.1, -0.05) is 18.2 Å². The number of carbonyl (C=O) groups is 2.